The highest BCUT2D eigenvalue weighted by Gasteiger charge is 2.49. The molecular formula is C32H30F6N6O2S. The number of alkyl halides is 4. The number of nitriles is 1. The van der Waals surface area contributed by atoms with E-state index < -0.39 is 46.2 Å². The zero-order valence-electron chi connectivity index (χ0n) is 25.4. The van der Waals surface area contributed by atoms with E-state index in [2.05, 4.69) is 9.97 Å². The van der Waals surface area contributed by atoms with E-state index in [1.165, 1.54) is 0 Å². The Hall–Kier alpha value is -3.87. The van der Waals surface area contributed by atoms with Crippen LogP contribution >= 0.6 is 11.3 Å². The third kappa shape index (κ3) is 5.21. The standard InChI is InChI=1S/C32H30F6N6O2S/c1-15-13-45-16(2)11-44(15)29-19-8-21(32(36,37)38)24(18-4-5-22(34)27-23(18)20(10-39)28(40)47-27)25(35)26(19)41-30(42-29)46-14-31-6-3-7-43(31)12-17(33)9-31/h4-5,8,15-17H,3,6-7,9,11-14,40H2,1-2H3/t15-,16+,17+,31-/m0/s1. The highest BCUT2D eigenvalue weighted by molar-refractivity contribution is 7.23. The van der Waals surface area contributed by atoms with Crippen molar-refractivity contribution in [2.24, 2.45) is 0 Å². The van der Waals surface area contributed by atoms with Crippen LogP contribution in [0.15, 0.2) is 18.2 Å². The molecule has 0 amide bonds. The molecule has 3 saturated heterocycles. The van der Waals surface area contributed by atoms with Crippen LogP contribution in [0.2, 0.25) is 0 Å². The molecular weight excluding hydrogens is 646 g/mol. The average Bonchev–Trinajstić information content (AvgIpc) is 3.66. The van der Waals surface area contributed by atoms with Crippen molar-refractivity contribution in [3.8, 4) is 23.2 Å². The first-order valence-corrected chi connectivity index (χ1v) is 16.1. The molecule has 15 heteroatoms. The number of nitrogens with two attached hydrogens (primary N) is 1. The van der Waals surface area contributed by atoms with Crippen LogP contribution in [-0.4, -0.2) is 71.6 Å². The van der Waals surface area contributed by atoms with Crippen LogP contribution in [0, 0.1) is 23.0 Å². The molecule has 0 bridgehead atoms. The molecule has 0 spiro atoms. The van der Waals surface area contributed by atoms with Crippen LogP contribution in [-0.2, 0) is 10.9 Å². The Morgan fingerprint density at radius 3 is 2.74 bits per heavy atom. The molecule has 0 aliphatic carbocycles. The smallest absolute Gasteiger partial charge is 0.417 e. The Kier molecular flexibility index (Phi) is 7.68. The number of hydrogen-bond acceptors (Lipinski definition) is 9. The largest absolute Gasteiger partial charge is 0.461 e. The van der Waals surface area contributed by atoms with E-state index >= 15 is 4.39 Å². The summed E-state index contributed by atoms with van der Waals surface area (Å²) in [5, 5.41) is 9.25. The molecule has 4 aromatic rings. The number of aromatic nitrogens is 2. The number of benzene rings is 2. The van der Waals surface area contributed by atoms with Gasteiger partial charge in [-0.3, -0.25) is 4.90 Å². The van der Waals surface area contributed by atoms with Gasteiger partial charge in [-0.2, -0.15) is 28.4 Å². The van der Waals surface area contributed by atoms with E-state index in [-0.39, 0.29) is 88.3 Å². The van der Waals surface area contributed by atoms with Gasteiger partial charge in [0.1, 0.15) is 41.0 Å². The summed E-state index contributed by atoms with van der Waals surface area (Å²) >= 11 is 0.693. The maximum Gasteiger partial charge on any atom is 0.417 e. The number of fused-ring (bicyclic) bond motifs is 3. The second kappa shape index (κ2) is 11.4. The van der Waals surface area contributed by atoms with Crippen LogP contribution in [0.1, 0.15) is 44.2 Å². The molecule has 0 radical (unpaired) electrons. The lowest BCUT2D eigenvalue weighted by Gasteiger charge is -2.38. The predicted molar refractivity (Wildman–Crippen MR) is 165 cm³/mol. The molecule has 0 saturated carbocycles. The van der Waals surface area contributed by atoms with Crippen LogP contribution in [0.4, 0.5) is 37.2 Å². The number of thiophene rings is 1. The molecule has 5 heterocycles. The first kappa shape index (κ1) is 31.7. The second-order valence-electron chi connectivity index (χ2n) is 12.6. The van der Waals surface area contributed by atoms with Crippen molar-refractivity contribution in [1.29, 1.82) is 5.26 Å². The van der Waals surface area contributed by atoms with Gasteiger partial charge < -0.3 is 20.1 Å². The summed E-state index contributed by atoms with van der Waals surface area (Å²) in [6.07, 6.45) is -4.62. The van der Waals surface area contributed by atoms with E-state index in [4.69, 9.17) is 15.2 Å². The Morgan fingerprint density at radius 1 is 1.21 bits per heavy atom. The Balaban J connectivity index is 1.47. The van der Waals surface area contributed by atoms with Crippen molar-refractivity contribution in [2.75, 3.05) is 43.5 Å². The van der Waals surface area contributed by atoms with Gasteiger partial charge in [-0.1, -0.05) is 6.07 Å². The fourth-order valence-corrected chi connectivity index (χ4v) is 8.27. The van der Waals surface area contributed by atoms with Crippen molar-refractivity contribution in [1.82, 2.24) is 14.9 Å². The quantitative estimate of drug-likeness (QED) is 0.230. The molecule has 4 atom stereocenters. The fourth-order valence-electron chi connectivity index (χ4n) is 7.32. The zero-order chi connectivity index (χ0) is 33.4. The summed E-state index contributed by atoms with van der Waals surface area (Å²) < 4.78 is 103. The maximum absolute atomic E-state index is 17.0. The number of nitrogens with zero attached hydrogens (tertiary/aromatic N) is 5. The number of anilines is 2. The molecule has 248 valence electrons. The zero-order valence-corrected chi connectivity index (χ0v) is 26.2. The summed E-state index contributed by atoms with van der Waals surface area (Å²) in [5.74, 6) is -2.12. The Morgan fingerprint density at radius 2 is 2.00 bits per heavy atom. The van der Waals surface area contributed by atoms with E-state index in [0.29, 0.717) is 24.3 Å². The lowest BCUT2D eigenvalue weighted by atomic mass is 9.92. The average molecular weight is 677 g/mol. The fraction of sp³-hybridized carbons (Fsp3) is 0.469. The minimum Gasteiger partial charge on any atom is -0.461 e. The lowest BCUT2D eigenvalue weighted by molar-refractivity contribution is -0.137. The van der Waals surface area contributed by atoms with Crippen LogP contribution < -0.4 is 15.4 Å². The number of morpholine rings is 1. The van der Waals surface area contributed by atoms with Crippen LogP contribution in [0.5, 0.6) is 6.01 Å². The number of rotatable bonds is 5. The third-order valence-electron chi connectivity index (χ3n) is 9.51. The lowest BCUT2D eigenvalue weighted by Crippen LogP contribution is -2.48. The van der Waals surface area contributed by atoms with Crippen molar-refractivity contribution in [3.63, 3.8) is 0 Å². The van der Waals surface area contributed by atoms with Gasteiger partial charge in [0.05, 0.1) is 40.1 Å². The van der Waals surface area contributed by atoms with Gasteiger partial charge in [-0.25, -0.2) is 13.2 Å². The molecule has 0 unspecified atom stereocenters. The first-order valence-electron chi connectivity index (χ1n) is 15.2. The summed E-state index contributed by atoms with van der Waals surface area (Å²) in [5.41, 5.74) is 2.05. The minimum absolute atomic E-state index is 0.0147. The van der Waals surface area contributed by atoms with Gasteiger partial charge in [-0.15, -0.1) is 11.3 Å². The van der Waals surface area contributed by atoms with Crippen molar-refractivity contribution in [3.05, 3.63) is 41.0 Å². The van der Waals surface area contributed by atoms with E-state index in [1.807, 2.05) is 17.9 Å². The van der Waals surface area contributed by atoms with Gasteiger partial charge in [-0.05, 0) is 50.9 Å². The Bertz CT molecular complexity index is 1950. The van der Waals surface area contributed by atoms with E-state index in [0.717, 1.165) is 24.6 Å². The van der Waals surface area contributed by atoms with E-state index in [9.17, 15) is 27.2 Å². The molecule has 3 aliphatic rings. The van der Waals surface area contributed by atoms with Crippen molar-refractivity contribution in [2.45, 2.75) is 63.1 Å². The summed E-state index contributed by atoms with van der Waals surface area (Å²) in [4.78, 5) is 12.6. The topological polar surface area (TPSA) is 101 Å². The summed E-state index contributed by atoms with van der Waals surface area (Å²) in [6, 6.07) is 3.93. The minimum atomic E-state index is -5.08. The second-order valence-corrected chi connectivity index (χ2v) is 13.7. The monoisotopic (exact) mass is 676 g/mol. The predicted octanol–water partition coefficient (Wildman–Crippen LogP) is 6.83. The molecule has 2 N–H and O–H groups in total. The molecule has 2 aromatic carbocycles. The van der Waals surface area contributed by atoms with Gasteiger partial charge in [0, 0.05) is 35.8 Å². The van der Waals surface area contributed by atoms with Gasteiger partial charge >= 0.3 is 12.2 Å². The summed E-state index contributed by atoms with van der Waals surface area (Å²) in [6.45, 7) is 5.11. The molecule has 2 aromatic heterocycles. The third-order valence-corrected chi connectivity index (χ3v) is 10.5. The number of nitrogen functional groups attached to an aromatic ring is 1. The molecule has 47 heavy (non-hydrogen) atoms. The maximum atomic E-state index is 17.0. The molecule has 3 aliphatic heterocycles. The highest BCUT2D eigenvalue weighted by Crippen LogP contribution is 2.48. The number of halogens is 6. The highest BCUT2D eigenvalue weighted by atomic mass is 32.1. The van der Waals surface area contributed by atoms with Crippen molar-refractivity contribution >= 4 is 43.1 Å². The SMILES string of the molecule is C[C@@H]1CN(c2nc(OC[C@@]34CCCN3C[C@H](F)C4)nc3c(F)c(-c4ccc(F)c5sc(N)c(C#N)c45)c(C(F)(F)F)cc23)[C@@H](C)CO1. The Labute approximate surface area is 269 Å². The summed E-state index contributed by atoms with van der Waals surface area (Å²) in [7, 11) is 0. The van der Waals surface area contributed by atoms with Crippen LogP contribution in [0.3, 0.4) is 0 Å². The molecule has 7 rings (SSSR count). The number of hydrogen-bond donors (Lipinski definition) is 1. The first-order chi connectivity index (χ1) is 22.3. The van der Waals surface area contributed by atoms with Crippen LogP contribution in [0.25, 0.3) is 32.1 Å². The van der Waals surface area contributed by atoms with Gasteiger partial charge in [0.2, 0.25) is 0 Å². The normalized spacial score (nSPS) is 25.1. The molecule has 8 nitrogen and oxygen atoms in total. The number of ether oxygens (including phenoxy) is 2. The van der Waals surface area contributed by atoms with Crippen molar-refractivity contribution < 1.29 is 35.8 Å². The van der Waals surface area contributed by atoms with E-state index in [1.54, 1.807) is 11.8 Å². The van der Waals surface area contributed by atoms with Gasteiger partial charge in [0.25, 0.3) is 0 Å². The molecule has 3 fully saturated rings. The van der Waals surface area contributed by atoms with Gasteiger partial charge in [0.15, 0.2) is 5.82 Å².